The monoisotopic (exact) mass is 216 g/mol. The summed E-state index contributed by atoms with van der Waals surface area (Å²) in [5.74, 6) is 0.688. The van der Waals surface area contributed by atoms with E-state index in [2.05, 4.69) is 36.2 Å². The Morgan fingerprint density at radius 1 is 1.12 bits per heavy atom. The molecule has 84 valence electrons. The van der Waals surface area contributed by atoms with Gasteiger partial charge in [-0.15, -0.1) is 10.2 Å². The molecule has 0 amide bonds. The highest BCUT2D eigenvalue weighted by molar-refractivity contribution is 5.58. The lowest BCUT2D eigenvalue weighted by Gasteiger charge is -2.15. The molecule has 0 radical (unpaired) electrons. The van der Waals surface area contributed by atoms with Crippen molar-refractivity contribution in [1.82, 2.24) is 20.2 Å². The molecule has 4 nitrogen and oxygen atoms in total. The molecule has 2 rings (SSSR count). The zero-order valence-corrected chi connectivity index (χ0v) is 10.1. The molecular formula is C12H16N4. The van der Waals surface area contributed by atoms with Gasteiger partial charge in [-0.2, -0.15) is 4.80 Å². The van der Waals surface area contributed by atoms with Crippen LogP contribution in [0.5, 0.6) is 0 Å². The summed E-state index contributed by atoms with van der Waals surface area (Å²) in [6.45, 7) is 8.20. The van der Waals surface area contributed by atoms with Crippen LogP contribution in [0.3, 0.4) is 0 Å². The Balaban J connectivity index is 2.44. The molecule has 0 spiro atoms. The normalized spacial score (nSPS) is 11.8. The van der Waals surface area contributed by atoms with Crippen molar-refractivity contribution >= 4 is 0 Å². The predicted octanol–water partition coefficient (Wildman–Crippen LogP) is 2.40. The molecule has 1 aromatic heterocycles. The molecule has 0 aliphatic heterocycles. The lowest BCUT2D eigenvalue weighted by atomic mass is 10.1. The van der Waals surface area contributed by atoms with Gasteiger partial charge in [0.15, 0.2) is 0 Å². The van der Waals surface area contributed by atoms with E-state index in [-0.39, 0.29) is 5.54 Å². The molecule has 0 unspecified atom stereocenters. The lowest BCUT2D eigenvalue weighted by Crippen LogP contribution is -2.24. The highest BCUT2D eigenvalue weighted by Gasteiger charge is 2.17. The van der Waals surface area contributed by atoms with Crippen molar-refractivity contribution in [3.63, 3.8) is 0 Å². The summed E-state index contributed by atoms with van der Waals surface area (Å²) in [6, 6.07) is 8.06. The quantitative estimate of drug-likeness (QED) is 0.735. The van der Waals surface area contributed by atoms with E-state index in [4.69, 9.17) is 0 Å². The molecule has 16 heavy (non-hydrogen) atoms. The molecule has 0 aliphatic rings. The minimum absolute atomic E-state index is 0.131. The Morgan fingerprint density at radius 3 is 2.38 bits per heavy atom. The predicted molar refractivity (Wildman–Crippen MR) is 63.0 cm³/mol. The van der Waals surface area contributed by atoms with Crippen molar-refractivity contribution in [3.8, 4) is 11.4 Å². The number of aromatic nitrogens is 4. The smallest absolute Gasteiger partial charge is 0.158 e. The van der Waals surface area contributed by atoms with Gasteiger partial charge < -0.3 is 0 Å². The number of hydrogen-bond donors (Lipinski definition) is 0. The molecule has 0 N–H and O–H groups in total. The minimum atomic E-state index is -0.131. The first-order chi connectivity index (χ1) is 7.48. The second kappa shape index (κ2) is 3.70. The van der Waals surface area contributed by atoms with Crippen LogP contribution in [0.4, 0.5) is 0 Å². The van der Waals surface area contributed by atoms with Gasteiger partial charge in [-0.25, -0.2) is 0 Å². The summed E-state index contributed by atoms with van der Waals surface area (Å²) in [5.41, 5.74) is 2.07. The molecule has 2 aromatic rings. The average molecular weight is 216 g/mol. The number of nitrogens with zero attached hydrogens (tertiary/aromatic N) is 4. The van der Waals surface area contributed by atoms with Gasteiger partial charge in [0.25, 0.3) is 0 Å². The Kier molecular flexibility index (Phi) is 2.50. The van der Waals surface area contributed by atoms with E-state index in [0.717, 1.165) is 11.1 Å². The zero-order valence-electron chi connectivity index (χ0n) is 10.1. The van der Waals surface area contributed by atoms with Crippen molar-refractivity contribution in [2.75, 3.05) is 0 Å². The molecule has 0 saturated heterocycles. The van der Waals surface area contributed by atoms with Crippen LogP contribution in [0.2, 0.25) is 0 Å². The van der Waals surface area contributed by atoms with Crippen LogP contribution in [0.15, 0.2) is 24.3 Å². The number of benzene rings is 1. The van der Waals surface area contributed by atoms with Gasteiger partial charge in [0.1, 0.15) is 0 Å². The van der Waals surface area contributed by atoms with E-state index in [1.54, 1.807) is 4.80 Å². The molecular weight excluding hydrogens is 200 g/mol. The molecule has 1 heterocycles. The second-order valence-electron chi connectivity index (χ2n) is 4.89. The van der Waals surface area contributed by atoms with Gasteiger partial charge in [-0.05, 0) is 38.5 Å². The molecule has 0 aliphatic carbocycles. The van der Waals surface area contributed by atoms with Crippen molar-refractivity contribution in [1.29, 1.82) is 0 Å². The first kappa shape index (κ1) is 10.8. The van der Waals surface area contributed by atoms with Crippen LogP contribution < -0.4 is 0 Å². The molecule has 0 bridgehead atoms. The van der Waals surface area contributed by atoms with Crippen LogP contribution in [-0.4, -0.2) is 20.2 Å². The first-order valence-electron chi connectivity index (χ1n) is 5.35. The number of hydrogen-bond acceptors (Lipinski definition) is 3. The maximum absolute atomic E-state index is 4.41. The van der Waals surface area contributed by atoms with E-state index in [1.807, 2.05) is 31.2 Å². The molecule has 0 saturated carbocycles. The van der Waals surface area contributed by atoms with Gasteiger partial charge in [0.2, 0.25) is 5.82 Å². The van der Waals surface area contributed by atoms with Crippen molar-refractivity contribution in [3.05, 3.63) is 29.8 Å². The molecule has 0 atom stereocenters. The second-order valence-corrected chi connectivity index (χ2v) is 4.89. The Bertz CT molecular complexity index is 494. The van der Waals surface area contributed by atoms with Crippen LogP contribution >= 0.6 is 0 Å². The van der Waals surface area contributed by atoms with Crippen molar-refractivity contribution < 1.29 is 0 Å². The van der Waals surface area contributed by atoms with Crippen LogP contribution in [0.1, 0.15) is 26.3 Å². The van der Waals surface area contributed by atoms with Crippen molar-refractivity contribution in [2.24, 2.45) is 0 Å². The van der Waals surface area contributed by atoms with Gasteiger partial charge in [-0.1, -0.05) is 24.3 Å². The summed E-state index contributed by atoms with van der Waals surface area (Å²) < 4.78 is 0. The maximum Gasteiger partial charge on any atom is 0.205 e. The van der Waals surface area contributed by atoms with Crippen LogP contribution in [0.25, 0.3) is 11.4 Å². The topological polar surface area (TPSA) is 43.6 Å². The fourth-order valence-electron chi connectivity index (χ4n) is 1.43. The molecule has 4 heteroatoms. The fraction of sp³-hybridized carbons (Fsp3) is 0.417. The minimum Gasteiger partial charge on any atom is -0.158 e. The third-order valence-corrected chi connectivity index (χ3v) is 2.40. The number of rotatable bonds is 1. The van der Waals surface area contributed by atoms with E-state index in [9.17, 15) is 0 Å². The summed E-state index contributed by atoms with van der Waals surface area (Å²) in [5, 5.41) is 12.6. The Hall–Kier alpha value is -1.71. The Morgan fingerprint density at radius 2 is 1.81 bits per heavy atom. The number of tetrazole rings is 1. The highest BCUT2D eigenvalue weighted by atomic mass is 15.6. The Labute approximate surface area is 95.3 Å². The van der Waals surface area contributed by atoms with E-state index < -0.39 is 0 Å². The third-order valence-electron chi connectivity index (χ3n) is 2.40. The summed E-state index contributed by atoms with van der Waals surface area (Å²) >= 11 is 0. The van der Waals surface area contributed by atoms with Gasteiger partial charge in [0, 0.05) is 5.56 Å². The van der Waals surface area contributed by atoms with Gasteiger partial charge >= 0.3 is 0 Å². The summed E-state index contributed by atoms with van der Waals surface area (Å²) in [7, 11) is 0. The summed E-state index contributed by atoms with van der Waals surface area (Å²) in [6.07, 6.45) is 0. The SMILES string of the molecule is Cc1ccccc1-c1nnn(C(C)(C)C)n1. The first-order valence-corrected chi connectivity index (χ1v) is 5.35. The fourth-order valence-corrected chi connectivity index (χ4v) is 1.43. The maximum atomic E-state index is 4.41. The largest absolute Gasteiger partial charge is 0.205 e. The van der Waals surface area contributed by atoms with Gasteiger partial charge in [0.05, 0.1) is 5.54 Å². The number of aryl methyl sites for hydroxylation is 1. The zero-order chi connectivity index (χ0) is 11.8. The van der Waals surface area contributed by atoms with E-state index in [0.29, 0.717) is 5.82 Å². The summed E-state index contributed by atoms with van der Waals surface area (Å²) in [4.78, 5) is 1.65. The van der Waals surface area contributed by atoms with E-state index in [1.165, 1.54) is 0 Å². The lowest BCUT2D eigenvalue weighted by molar-refractivity contribution is 0.306. The van der Waals surface area contributed by atoms with E-state index >= 15 is 0 Å². The van der Waals surface area contributed by atoms with Crippen molar-refractivity contribution in [2.45, 2.75) is 33.2 Å². The highest BCUT2D eigenvalue weighted by Crippen LogP contribution is 2.19. The average Bonchev–Trinajstić information content (AvgIpc) is 2.66. The standard InChI is InChI=1S/C12H16N4/c1-9-7-5-6-8-10(9)11-13-15-16(14-11)12(2,3)4/h5-8H,1-4H3. The molecule has 1 aromatic carbocycles. The molecule has 0 fully saturated rings. The van der Waals surface area contributed by atoms with Gasteiger partial charge in [-0.3, -0.25) is 0 Å². The van der Waals surface area contributed by atoms with Crippen LogP contribution in [0, 0.1) is 6.92 Å². The van der Waals surface area contributed by atoms with Crippen LogP contribution in [-0.2, 0) is 5.54 Å². The third kappa shape index (κ3) is 1.96.